The molecule has 168 valence electrons. The number of aryl methyl sites for hydroxylation is 1. The normalized spacial score (nSPS) is 16.9. The van der Waals surface area contributed by atoms with Crippen molar-refractivity contribution in [2.45, 2.75) is 74.7 Å². The molecule has 10 heteroatoms. The fourth-order valence-electron chi connectivity index (χ4n) is 3.75. The molecule has 3 aromatic rings. The fourth-order valence-corrected chi connectivity index (χ4v) is 6.31. The van der Waals surface area contributed by atoms with Gasteiger partial charge in [-0.1, -0.05) is 37.2 Å². The maximum Gasteiger partial charge on any atom is 0.243 e. The van der Waals surface area contributed by atoms with Crippen LogP contribution in [0.2, 0.25) is 0 Å². The molecule has 0 bridgehead atoms. The van der Waals surface area contributed by atoms with E-state index >= 15 is 0 Å². The summed E-state index contributed by atoms with van der Waals surface area (Å²) in [6.07, 6.45) is 2.92. The van der Waals surface area contributed by atoms with Gasteiger partial charge in [0.05, 0.1) is 21.2 Å². The molecule has 8 nitrogen and oxygen atoms in total. The van der Waals surface area contributed by atoms with E-state index in [2.05, 4.69) is 21.6 Å². The van der Waals surface area contributed by atoms with Crippen LogP contribution in [0.3, 0.4) is 0 Å². The molecule has 0 radical (unpaired) electrons. The molecule has 1 unspecified atom stereocenters. The SMILES string of the molecule is CCn1c(SC(C)c2nc(C(C)C)no2)nc2cc(S(=O)(=O)N3CCCCC3)ccc21. The Kier molecular flexibility index (Phi) is 6.41. The van der Waals surface area contributed by atoms with Crippen molar-refractivity contribution in [1.82, 2.24) is 24.0 Å². The Balaban J connectivity index is 1.64. The predicted octanol–water partition coefficient (Wildman–Crippen LogP) is 4.59. The van der Waals surface area contributed by atoms with Crippen LogP contribution < -0.4 is 0 Å². The number of rotatable bonds is 7. The molecule has 1 aliphatic heterocycles. The van der Waals surface area contributed by atoms with Gasteiger partial charge in [0.1, 0.15) is 0 Å². The van der Waals surface area contributed by atoms with Gasteiger partial charge in [-0.25, -0.2) is 13.4 Å². The van der Waals surface area contributed by atoms with Crippen molar-refractivity contribution in [2.75, 3.05) is 13.1 Å². The summed E-state index contributed by atoms with van der Waals surface area (Å²) in [4.78, 5) is 9.57. The van der Waals surface area contributed by atoms with Gasteiger partial charge in [-0.05, 0) is 44.9 Å². The van der Waals surface area contributed by atoms with E-state index < -0.39 is 10.0 Å². The van der Waals surface area contributed by atoms with E-state index in [-0.39, 0.29) is 11.2 Å². The average molecular weight is 464 g/mol. The van der Waals surface area contributed by atoms with Gasteiger partial charge in [0.25, 0.3) is 0 Å². The first-order valence-corrected chi connectivity index (χ1v) is 13.1. The summed E-state index contributed by atoms with van der Waals surface area (Å²) in [5, 5.41) is 4.79. The highest BCUT2D eigenvalue weighted by Gasteiger charge is 2.27. The third-order valence-corrected chi connectivity index (χ3v) is 8.53. The molecule has 0 amide bonds. The van der Waals surface area contributed by atoms with Gasteiger partial charge in [0.2, 0.25) is 15.9 Å². The third kappa shape index (κ3) is 4.38. The van der Waals surface area contributed by atoms with Crippen LogP contribution in [0, 0.1) is 0 Å². The van der Waals surface area contributed by atoms with Gasteiger partial charge < -0.3 is 9.09 Å². The van der Waals surface area contributed by atoms with E-state index in [1.807, 2.05) is 26.8 Å². The zero-order valence-corrected chi connectivity index (χ0v) is 20.0. The van der Waals surface area contributed by atoms with Crippen molar-refractivity contribution < 1.29 is 12.9 Å². The Morgan fingerprint density at radius 3 is 2.52 bits per heavy atom. The fraction of sp³-hybridized carbons (Fsp3) is 0.571. The molecule has 3 heterocycles. The van der Waals surface area contributed by atoms with E-state index in [0.29, 0.717) is 35.2 Å². The highest BCUT2D eigenvalue weighted by atomic mass is 32.2. The van der Waals surface area contributed by atoms with Crippen molar-refractivity contribution >= 4 is 32.8 Å². The summed E-state index contributed by atoms with van der Waals surface area (Å²) < 4.78 is 35.3. The maximum atomic E-state index is 13.1. The lowest BCUT2D eigenvalue weighted by Crippen LogP contribution is -2.35. The molecule has 1 saturated heterocycles. The van der Waals surface area contributed by atoms with Crippen LogP contribution in [-0.4, -0.2) is 45.5 Å². The quantitative estimate of drug-likeness (QED) is 0.473. The van der Waals surface area contributed by atoms with Gasteiger partial charge in [-0.2, -0.15) is 9.29 Å². The minimum Gasteiger partial charge on any atom is -0.338 e. The topological polar surface area (TPSA) is 94.1 Å². The Morgan fingerprint density at radius 1 is 1.13 bits per heavy atom. The summed E-state index contributed by atoms with van der Waals surface area (Å²) >= 11 is 1.54. The van der Waals surface area contributed by atoms with Crippen molar-refractivity contribution in [3.63, 3.8) is 0 Å². The summed E-state index contributed by atoms with van der Waals surface area (Å²) in [6.45, 7) is 10.0. The van der Waals surface area contributed by atoms with Crippen LogP contribution in [0.4, 0.5) is 0 Å². The molecule has 0 aliphatic carbocycles. The van der Waals surface area contributed by atoms with Gasteiger partial charge in [-0.3, -0.25) is 0 Å². The smallest absolute Gasteiger partial charge is 0.243 e. The molecular weight excluding hydrogens is 434 g/mol. The summed E-state index contributed by atoms with van der Waals surface area (Å²) in [6, 6.07) is 5.26. The monoisotopic (exact) mass is 463 g/mol. The molecule has 1 atom stereocenters. The Hall–Kier alpha value is -1.91. The van der Waals surface area contributed by atoms with E-state index in [0.717, 1.165) is 36.5 Å². The van der Waals surface area contributed by atoms with Crippen molar-refractivity contribution in [3.05, 3.63) is 29.9 Å². The second-order valence-corrected chi connectivity index (χ2v) is 11.4. The summed E-state index contributed by atoms with van der Waals surface area (Å²) in [5.41, 5.74) is 1.60. The Bertz CT molecular complexity index is 1160. The number of sulfonamides is 1. The molecule has 4 rings (SSSR count). The summed E-state index contributed by atoms with van der Waals surface area (Å²) in [5.74, 6) is 1.46. The lowest BCUT2D eigenvalue weighted by molar-refractivity contribution is 0.346. The lowest BCUT2D eigenvalue weighted by atomic mass is 10.2. The molecule has 1 aliphatic rings. The van der Waals surface area contributed by atoms with Crippen molar-refractivity contribution in [2.24, 2.45) is 0 Å². The van der Waals surface area contributed by atoms with Crippen LogP contribution in [0.25, 0.3) is 11.0 Å². The predicted molar refractivity (Wildman–Crippen MR) is 121 cm³/mol. The number of aromatic nitrogens is 4. The van der Waals surface area contributed by atoms with Crippen LogP contribution in [-0.2, 0) is 16.6 Å². The first kappa shape index (κ1) is 22.3. The average Bonchev–Trinajstić information content (AvgIpc) is 3.38. The molecule has 2 aromatic heterocycles. The highest BCUT2D eigenvalue weighted by molar-refractivity contribution is 7.99. The highest BCUT2D eigenvalue weighted by Crippen LogP contribution is 2.36. The number of fused-ring (bicyclic) bond motifs is 1. The molecule has 0 spiro atoms. The van der Waals surface area contributed by atoms with Gasteiger partial charge in [0.15, 0.2) is 11.0 Å². The number of imidazole rings is 1. The zero-order chi connectivity index (χ0) is 22.2. The molecule has 0 N–H and O–H groups in total. The van der Waals surface area contributed by atoms with Crippen LogP contribution in [0.5, 0.6) is 0 Å². The Morgan fingerprint density at radius 2 is 1.87 bits per heavy atom. The maximum absolute atomic E-state index is 13.1. The van der Waals surface area contributed by atoms with E-state index in [4.69, 9.17) is 9.51 Å². The molecule has 1 fully saturated rings. The largest absolute Gasteiger partial charge is 0.338 e. The number of benzene rings is 1. The minimum absolute atomic E-state index is 0.0707. The zero-order valence-electron chi connectivity index (χ0n) is 18.4. The second kappa shape index (κ2) is 8.91. The summed E-state index contributed by atoms with van der Waals surface area (Å²) in [7, 11) is -3.49. The van der Waals surface area contributed by atoms with Gasteiger partial charge >= 0.3 is 0 Å². The second-order valence-electron chi connectivity index (χ2n) is 8.16. The first-order chi connectivity index (χ1) is 14.8. The molecule has 1 aromatic carbocycles. The molecule has 0 saturated carbocycles. The van der Waals surface area contributed by atoms with Crippen molar-refractivity contribution in [3.8, 4) is 0 Å². The minimum atomic E-state index is -3.49. The lowest BCUT2D eigenvalue weighted by Gasteiger charge is -2.25. The van der Waals surface area contributed by atoms with E-state index in [1.165, 1.54) is 11.8 Å². The number of nitrogens with zero attached hydrogens (tertiary/aromatic N) is 5. The van der Waals surface area contributed by atoms with E-state index in [9.17, 15) is 8.42 Å². The van der Waals surface area contributed by atoms with Crippen LogP contribution in [0.1, 0.15) is 69.8 Å². The standard InChI is InChI=1S/C21H29N5O3S2/c1-5-26-18-10-9-16(31(27,28)25-11-7-6-8-12-25)13-17(18)22-21(26)30-15(4)20-23-19(14(2)3)24-29-20/h9-10,13-15H,5-8,11-12H2,1-4H3. The molecule has 31 heavy (non-hydrogen) atoms. The Labute approximate surface area is 187 Å². The van der Waals surface area contributed by atoms with E-state index in [1.54, 1.807) is 16.4 Å². The third-order valence-electron chi connectivity index (χ3n) is 5.56. The van der Waals surface area contributed by atoms with Crippen molar-refractivity contribution in [1.29, 1.82) is 0 Å². The first-order valence-electron chi connectivity index (χ1n) is 10.8. The van der Waals surface area contributed by atoms with Crippen LogP contribution in [0.15, 0.2) is 32.8 Å². The van der Waals surface area contributed by atoms with Gasteiger partial charge in [-0.15, -0.1) is 0 Å². The number of piperidine rings is 1. The number of hydrogen-bond donors (Lipinski definition) is 0. The number of hydrogen-bond acceptors (Lipinski definition) is 7. The van der Waals surface area contributed by atoms with Gasteiger partial charge in [0, 0.05) is 25.6 Å². The number of thioether (sulfide) groups is 1. The molecular formula is C21H29N5O3S2. The van der Waals surface area contributed by atoms with Crippen LogP contribution >= 0.6 is 11.8 Å².